The summed E-state index contributed by atoms with van der Waals surface area (Å²) in [4.78, 5) is 29.9. The smallest absolute Gasteiger partial charge is 0.329 e. The van der Waals surface area contributed by atoms with E-state index in [2.05, 4.69) is 11.1 Å². The lowest BCUT2D eigenvalue weighted by molar-refractivity contribution is 0.380. The first kappa shape index (κ1) is 19.0. The van der Waals surface area contributed by atoms with Crippen LogP contribution in [0.5, 0.6) is 0 Å². The van der Waals surface area contributed by atoms with Crippen molar-refractivity contribution < 1.29 is 4.39 Å². The van der Waals surface area contributed by atoms with Crippen molar-refractivity contribution in [1.29, 1.82) is 0 Å². The van der Waals surface area contributed by atoms with Gasteiger partial charge in [-0.1, -0.05) is 0 Å². The minimum absolute atomic E-state index is 0.103. The van der Waals surface area contributed by atoms with Crippen molar-refractivity contribution in [3.63, 3.8) is 0 Å². The summed E-state index contributed by atoms with van der Waals surface area (Å²) in [6.07, 6.45) is 3.78. The molecule has 1 saturated carbocycles. The lowest BCUT2D eigenvalue weighted by Gasteiger charge is -2.27. The third-order valence-corrected chi connectivity index (χ3v) is 8.14. The second-order valence-electron chi connectivity index (χ2n) is 8.68. The van der Waals surface area contributed by atoms with E-state index in [1.54, 1.807) is 22.8 Å². The van der Waals surface area contributed by atoms with E-state index in [0.717, 1.165) is 42.6 Å². The van der Waals surface area contributed by atoms with Crippen LogP contribution in [0.2, 0.25) is 0 Å². The third kappa shape index (κ3) is 2.81. The maximum Gasteiger partial charge on any atom is 0.329 e. The molecule has 0 aliphatic heterocycles. The van der Waals surface area contributed by atoms with Gasteiger partial charge in [-0.3, -0.25) is 14.3 Å². The number of nitrogens with one attached hydrogen (secondary N) is 1. The number of fused-ring (bicyclic) bond motifs is 2. The van der Waals surface area contributed by atoms with Gasteiger partial charge >= 0.3 is 5.69 Å². The van der Waals surface area contributed by atoms with Gasteiger partial charge in [0.05, 0.1) is 16.5 Å². The summed E-state index contributed by atoms with van der Waals surface area (Å²) in [5.74, 6) is -0.113. The van der Waals surface area contributed by atoms with Gasteiger partial charge in [-0.15, -0.1) is 11.3 Å². The summed E-state index contributed by atoms with van der Waals surface area (Å²) in [6, 6.07) is 2.24. The van der Waals surface area contributed by atoms with Crippen LogP contribution in [-0.4, -0.2) is 22.3 Å². The first-order valence-electron chi connectivity index (χ1n) is 10.5. The van der Waals surface area contributed by atoms with Gasteiger partial charge < -0.3 is 5.73 Å². The highest BCUT2D eigenvalue weighted by Crippen LogP contribution is 2.44. The zero-order chi connectivity index (χ0) is 20.4. The van der Waals surface area contributed by atoms with E-state index >= 15 is 4.39 Å². The Morgan fingerprint density at radius 3 is 2.69 bits per heavy atom. The Labute approximate surface area is 171 Å². The van der Waals surface area contributed by atoms with E-state index in [9.17, 15) is 9.59 Å². The molecule has 2 heterocycles. The molecule has 29 heavy (non-hydrogen) atoms. The Balaban J connectivity index is 1.78. The van der Waals surface area contributed by atoms with Gasteiger partial charge in [-0.2, -0.15) is 0 Å². The number of thiophene rings is 1. The molecule has 0 bridgehead atoms. The number of aromatic nitrogens is 2. The summed E-state index contributed by atoms with van der Waals surface area (Å²) < 4.78 is 17.4. The van der Waals surface area contributed by atoms with E-state index < -0.39 is 17.6 Å². The molecule has 7 heteroatoms. The van der Waals surface area contributed by atoms with Crippen molar-refractivity contribution in [3.05, 3.63) is 52.8 Å². The zero-order valence-corrected chi connectivity index (χ0v) is 17.6. The Kier molecular flexibility index (Phi) is 4.44. The molecule has 0 saturated heterocycles. The maximum absolute atomic E-state index is 15.7. The average molecular weight is 416 g/mol. The van der Waals surface area contributed by atoms with Crippen LogP contribution in [-0.2, 0) is 6.42 Å². The quantitative estimate of drug-likeness (QED) is 0.802. The van der Waals surface area contributed by atoms with Gasteiger partial charge in [0, 0.05) is 15.8 Å². The number of nitrogens with two attached hydrogens (primary N) is 1. The monoisotopic (exact) mass is 415 g/mol. The van der Waals surface area contributed by atoms with E-state index in [1.165, 1.54) is 10.4 Å². The molecule has 3 atom stereocenters. The van der Waals surface area contributed by atoms with Gasteiger partial charge in [0.25, 0.3) is 5.56 Å². The van der Waals surface area contributed by atoms with E-state index in [0.29, 0.717) is 28.6 Å². The Bertz CT molecular complexity index is 1230. The molecule has 0 radical (unpaired) electrons. The molecule has 0 aromatic carbocycles. The second-order valence-corrected chi connectivity index (χ2v) is 9.85. The molecular formula is C22H26FN3O2S. The van der Waals surface area contributed by atoms with Crippen LogP contribution in [0.1, 0.15) is 72.7 Å². The largest absolute Gasteiger partial charge is 0.330 e. The van der Waals surface area contributed by atoms with Crippen molar-refractivity contribution in [1.82, 2.24) is 9.55 Å². The Morgan fingerprint density at radius 1 is 1.24 bits per heavy atom. The van der Waals surface area contributed by atoms with Crippen LogP contribution in [0.25, 0.3) is 11.1 Å². The molecular weight excluding hydrogens is 389 g/mol. The highest BCUT2D eigenvalue weighted by Gasteiger charge is 2.36. The fraction of sp³-hybridized carbons (Fsp3) is 0.545. The fourth-order valence-corrected chi connectivity index (χ4v) is 6.65. The van der Waals surface area contributed by atoms with Gasteiger partial charge in [-0.05, 0) is 81.2 Å². The van der Waals surface area contributed by atoms with Gasteiger partial charge in [0.2, 0.25) is 0 Å². The summed E-state index contributed by atoms with van der Waals surface area (Å²) in [5, 5.41) is 0.985. The summed E-state index contributed by atoms with van der Waals surface area (Å²) in [6.45, 7) is 4.19. The van der Waals surface area contributed by atoms with Crippen LogP contribution < -0.4 is 27.6 Å². The summed E-state index contributed by atoms with van der Waals surface area (Å²) >= 11 is 1.68. The SMILES string of the molecule is CC1=c2c(=O)[nH]c(=O)n(C3CC3)c2=C(C)C(c2cc3c(s2)CCCC3CN)C1F. The van der Waals surface area contributed by atoms with Crippen LogP contribution in [0.4, 0.5) is 4.39 Å². The van der Waals surface area contributed by atoms with Crippen molar-refractivity contribution in [2.45, 2.75) is 70.0 Å². The number of aryl methyl sites for hydroxylation is 1. The third-order valence-electron chi connectivity index (χ3n) is 6.84. The normalized spacial score (nSPS) is 26.4. The molecule has 3 aliphatic carbocycles. The number of hydrogen-bond donors (Lipinski definition) is 2. The standard InChI is InChI=1S/C22H26FN3O2S/c1-10-18-20(26(13-6-7-13)22(28)25-21(18)27)11(2)17(19(10)23)16-8-14-12(9-24)4-3-5-15(14)29-16/h8,12-13,17,19H,3-7,9,24H2,1-2H3,(H,25,27,28). The predicted molar refractivity (Wildman–Crippen MR) is 114 cm³/mol. The van der Waals surface area contributed by atoms with Crippen molar-refractivity contribution >= 4 is 22.5 Å². The minimum Gasteiger partial charge on any atom is -0.330 e. The van der Waals surface area contributed by atoms with Crippen molar-refractivity contribution in [2.75, 3.05) is 6.54 Å². The first-order chi connectivity index (χ1) is 13.9. The number of hydrogen-bond acceptors (Lipinski definition) is 4. The number of nitrogens with zero attached hydrogens (tertiary/aromatic N) is 1. The number of rotatable bonds is 3. The number of alkyl halides is 1. The number of H-pyrrole nitrogens is 1. The number of aromatic amines is 1. The molecule has 1 fully saturated rings. The lowest BCUT2D eigenvalue weighted by atomic mass is 9.82. The van der Waals surface area contributed by atoms with E-state index in [1.807, 2.05) is 6.92 Å². The van der Waals surface area contributed by atoms with Gasteiger partial charge in [-0.25, -0.2) is 9.18 Å². The highest BCUT2D eigenvalue weighted by atomic mass is 32.1. The topological polar surface area (TPSA) is 80.9 Å². The average Bonchev–Trinajstić information content (AvgIpc) is 3.43. The van der Waals surface area contributed by atoms with E-state index in [4.69, 9.17) is 5.73 Å². The molecule has 0 amide bonds. The maximum atomic E-state index is 15.7. The zero-order valence-electron chi connectivity index (χ0n) is 16.8. The lowest BCUT2D eigenvalue weighted by Crippen LogP contribution is -2.58. The molecule has 3 aliphatic rings. The first-order valence-corrected chi connectivity index (χ1v) is 11.3. The molecule has 154 valence electrons. The predicted octanol–water partition coefficient (Wildman–Crippen LogP) is 1.79. The molecule has 0 spiro atoms. The molecule has 2 aromatic rings. The van der Waals surface area contributed by atoms with Crippen LogP contribution in [0.15, 0.2) is 15.7 Å². The number of halogens is 1. The highest BCUT2D eigenvalue weighted by molar-refractivity contribution is 7.12. The van der Waals surface area contributed by atoms with Gasteiger partial charge in [0.15, 0.2) is 0 Å². The van der Waals surface area contributed by atoms with Crippen LogP contribution >= 0.6 is 11.3 Å². The Morgan fingerprint density at radius 2 is 2.00 bits per heavy atom. The van der Waals surface area contributed by atoms with Crippen LogP contribution in [0, 0.1) is 0 Å². The molecule has 2 aromatic heterocycles. The van der Waals surface area contributed by atoms with Crippen molar-refractivity contribution in [3.8, 4) is 0 Å². The minimum atomic E-state index is -1.27. The molecule has 5 nitrogen and oxygen atoms in total. The van der Waals surface area contributed by atoms with Gasteiger partial charge in [0.1, 0.15) is 6.17 Å². The fourth-order valence-electron chi connectivity index (χ4n) is 5.16. The summed E-state index contributed by atoms with van der Waals surface area (Å²) in [5.41, 5.74) is 7.61. The molecule has 3 unspecified atom stereocenters. The molecule has 3 N–H and O–H groups in total. The van der Waals surface area contributed by atoms with E-state index in [-0.39, 0.29) is 11.7 Å². The Hall–Kier alpha value is -1.99. The van der Waals surface area contributed by atoms with Crippen molar-refractivity contribution in [2.24, 2.45) is 5.73 Å². The summed E-state index contributed by atoms with van der Waals surface area (Å²) in [7, 11) is 0. The second kappa shape index (κ2) is 6.77. The van der Waals surface area contributed by atoms with Crippen LogP contribution in [0.3, 0.4) is 0 Å². The molecule has 5 rings (SSSR count).